The van der Waals surface area contributed by atoms with E-state index in [1.165, 1.54) is 37.7 Å². The molecular formula is C23H20FN4O6P. The van der Waals surface area contributed by atoms with Crippen molar-refractivity contribution >= 4 is 41.6 Å². The van der Waals surface area contributed by atoms with Gasteiger partial charge in [-0.3, -0.25) is 9.36 Å². The molecule has 35 heavy (non-hydrogen) atoms. The number of carbonyl (C=O) groups excluding carboxylic acids is 1. The minimum absolute atomic E-state index is 0.208. The number of rotatable bonds is 8. The first kappa shape index (κ1) is 24.1. The average molecular weight is 498 g/mol. The number of anilines is 3. The Hall–Kier alpha value is -4.05. The van der Waals surface area contributed by atoms with Crippen LogP contribution in [0.1, 0.15) is 0 Å². The van der Waals surface area contributed by atoms with E-state index in [4.69, 9.17) is 19.3 Å². The molecule has 0 atom stereocenters. The van der Waals surface area contributed by atoms with Crippen LogP contribution >= 0.6 is 7.60 Å². The van der Waals surface area contributed by atoms with Crippen molar-refractivity contribution in [1.82, 2.24) is 9.97 Å². The summed E-state index contributed by atoms with van der Waals surface area (Å²) in [6.45, 7) is 0. The summed E-state index contributed by atoms with van der Waals surface area (Å²) < 4.78 is 35.2. The monoisotopic (exact) mass is 498 g/mol. The molecule has 0 saturated heterocycles. The van der Waals surface area contributed by atoms with Gasteiger partial charge in [0, 0.05) is 17.1 Å². The lowest BCUT2D eigenvalue weighted by molar-refractivity contribution is -0.114. The quantitative estimate of drug-likeness (QED) is 0.259. The Bertz CT molecular complexity index is 1410. The van der Waals surface area contributed by atoms with Crippen LogP contribution in [0.25, 0.3) is 10.9 Å². The SMILES string of the molecule is COc1cc2ncnc(Nc3ccc(Oc4ccc(F)cc4)cc3)c2cc1NC(=O)CP(=O)(O)O. The van der Waals surface area contributed by atoms with Gasteiger partial charge >= 0.3 is 7.60 Å². The van der Waals surface area contributed by atoms with Crippen LogP contribution in [0.15, 0.2) is 67.0 Å². The number of nitrogens with zero attached hydrogens (tertiary/aromatic N) is 2. The Kier molecular flexibility index (Phi) is 6.92. The minimum Gasteiger partial charge on any atom is -0.494 e. The van der Waals surface area contributed by atoms with Crippen LogP contribution in [-0.2, 0) is 9.36 Å². The Morgan fingerprint density at radius 3 is 2.31 bits per heavy atom. The van der Waals surface area contributed by atoms with Gasteiger partial charge in [0.15, 0.2) is 0 Å². The Morgan fingerprint density at radius 1 is 1.03 bits per heavy atom. The Balaban J connectivity index is 1.57. The molecule has 10 nitrogen and oxygen atoms in total. The number of hydrogen-bond donors (Lipinski definition) is 4. The van der Waals surface area contributed by atoms with Crippen LogP contribution in [0.3, 0.4) is 0 Å². The third-order valence-electron chi connectivity index (χ3n) is 4.75. The van der Waals surface area contributed by atoms with Crippen molar-refractivity contribution in [2.24, 2.45) is 0 Å². The Morgan fingerprint density at radius 2 is 1.69 bits per heavy atom. The first-order chi connectivity index (χ1) is 16.7. The second-order valence-electron chi connectivity index (χ2n) is 7.37. The van der Waals surface area contributed by atoms with Gasteiger partial charge in [0.25, 0.3) is 0 Å². The highest BCUT2D eigenvalue weighted by atomic mass is 31.2. The van der Waals surface area contributed by atoms with E-state index < -0.39 is 19.7 Å². The molecule has 1 amide bonds. The third-order valence-corrected chi connectivity index (χ3v) is 5.45. The molecule has 0 bridgehead atoms. The lowest BCUT2D eigenvalue weighted by atomic mass is 10.2. The zero-order chi connectivity index (χ0) is 25.0. The number of hydrogen-bond acceptors (Lipinski definition) is 7. The minimum atomic E-state index is -4.53. The average Bonchev–Trinajstić information content (AvgIpc) is 2.80. The van der Waals surface area contributed by atoms with Gasteiger partial charge in [-0.05, 0) is 54.6 Å². The molecule has 4 rings (SSSR count). The number of aromatic nitrogens is 2. The predicted molar refractivity (Wildman–Crippen MR) is 128 cm³/mol. The van der Waals surface area contributed by atoms with E-state index in [-0.39, 0.29) is 17.3 Å². The van der Waals surface area contributed by atoms with Crippen molar-refractivity contribution in [3.05, 3.63) is 72.8 Å². The van der Waals surface area contributed by atoms with Crippen LogP contribution in [0.4, 0.5) is 21.6 Å². The summed E-state index contributed by atoms with van der Waals surface area (Å²) in [6.07, 6.45) is 0.402. The fraction of sp³-hybridized carbons (Fsp3) is 0.0870. The molecule has 0 unspecified atom stereocenters. The second kappa shape index (κ2) is 10.1. The lowest BCUT2D eigenvalue weighted by Gasteiger charge is -2.14. The predicted octanol–water partition coefficient (Wildman–Crippen LogP) is 4.43. The summed E-state index contributed by atoms with van der Waals surface area (Å²) in [5.74, 6) is 0.528. The molecule has 3 aromatic carbocycles. The summed E-state index contributed by atoms with van der Waals surface area (Å²) in [4.78, 5) is 38.6. The molecule has 12 heteroatoms. The summed E-state index contributed by atoms with van der Waals surface area (Å²) >= 11 is 0. The fourth-order valence-corrected chi connectivity index (χ4v) is 3.66. The molecule has 0 spiro atoms. The third kappa shape index (κ3) is 6.30. The largest absolute Gasteiger partial charge is 0.494 e. The number of methoxy groups -OCH3 is 1. The molecular weight excluding hydrogens is 478 g/mol. The summed E-state index contributed by atoms with van der Waals surface area (Å²) in [5.41, 5.74) is 1.40. The standard InChI is InChI=1S/C23H20FN4O6P/c1-33-21-11-19-18(10-20(21)28-22(29)12-35(30,31)32)23(26-13-25-19)27-15-4-8-17(9-5-15)34-16-6-2-14(24)3-7-16/h2-11,13H,12H2,1H3,(H,28,29)(H,25,26,27)(H2,30,31,32). The smallest absolute Gasteiger partial charge is 0.334 e. The van der Waals surface area contributed by atoms with Crippen LogP contribution in [0.2, 0.25) is 0 Å². The van der Waals surface area contributed by atoms with Crippen molar-refractivity contribution in [2.75, 3.05) is 23.9 Å². The number of nitrogens with one attached hydrogen (secondary N) is 2. The van der Waals surface area contributed by atoms with Crippen LogP contribution < -0.4 is 20.1 Å². The van der Waals surface area contributed by atoms with Crippen LogP contribution in [-0.4, -0.2) is 38.9 Å². The maximum atomic E-state index is 13.1. The lowest BCUT2D eigenvalue weighted by Crippen LogP contribution is -2.16. The maximum absolute atomic E-state index is 13.1. The van der Waals surface area contributed by atoms with Crippen molar-refractivity contribution in [1.29, 1.82) is 0 Å². The van der Waals surface area contributed by atoms with Gasteiger partial charge in [0.05, 0.1) is 18.3 Å². The van der Waals surface area contributed by atoms with Gasteiger partial charge in [0.1, 0.15) is 41.4 Å². The van der Waals surface area contributed by atoms with Gasteiger partial charge in [-0.2, -0.15) is 0 Å². The van der Waals surface area contributed by atoms with Gasteiger partial charge < -0.3 is 29.9 Å². The van der Waals surface area contributed by atoms with E-state index in [2.05, 4.69) is 20.6 Å². The van der Waals surface area contributed by atoms with E-state index in [1.807, 2.05) is 0 Å². The zero-order valence-corrected chi connectivity index (χ0v) is 19.2. The Labute approximate surface area is 198 Å². The summed E-state index contributed by atoms with van der Waals surface area (Å²) in [7, 11) is -3.13. The molecule has 1 aromatic heterocycles. The number of benzene rings is 3. The van der Waals surface area contributed by atoms with Crippen molar-refractivity contribution < 1.29 is 33.0 Å². The number of carbonyl (C=O) groups is 1. The van der Waals surface area contributed by atoms with Crippen molar-refractivity contribution in [3.63, 3.8) is 0 Å². The summed E-state index contributed by atoms with van der Waals surface area (Å²) in [6, 6.07) is 15.8. The van der Waals surface area contributed by atoms with E-state index in [0.717, 1.165) is 0 Å². The van der Waals surface area contributed by atoms with Gasteiger partial charge in [0.2, 0.25) is 5.91 Å². The van der Waals surface area contributed by atoms with Crippen molar-refractivity contribution in [3.8, 4) is 17.2 Å². The van der Waals surface area contributed by atoms with Crippen LogP contribution in [0.5, 0.6) is 17.2 Å². The first-order valence-electron chi connectivity index (χ1n) is 10.2. The molecule has 0 aliphatic rings. The number of halogens is 1. The summed E-state index contributed by atoms with van der Waals surface area (Å²) in [5, 5.41) is 6.16. The van der Waals surface area contributed by atoms with E-state index in [0.29, 0.717) is 33.9 Å². The van der Waals surface area contributed by atoms with Gasteiger partial charge in [-0.25, -0.2) is 14.4 Å². The highest BCUT2D eigenvalue weighted by Crippen LogP contribution is 2.36. The van der Waals surface area contributed by atoms with Gasteiger partial charge in [-0.15, -0.1) is 0 Å². The molecule has 180 valence electrons. The molecule has 1 heterocycles. The molecule has 0 saturated carbocycles. The fourth-order valence-electron chi connectivity index (χ4n) is 3.21. The van der Waals surface area contributed by atoms with Crippen LogP contribution in [0, 0.1) is 5.82 Å². The second-order valence-corrected chi connectivity index (χ2v) is 9.01. The molecule has 4 aromatic rings. The van der Waals surface area contributed by atoms with Gasteiger partial charge in [-0.1, -0.05) is 0 Å². The van der Waals surface area contributed by atoms with E-state index in [1.54, 1.807) is 36.4 Å². The van der Waals surface area contributed by atoms with E-state index >= 15 is 0 Å². The molecule has 0 aliphatic heterocycles. The zero-order valence-electron chi connectivity index (χ0n) is 18.3. The molecule has 4 N–H and O–H groups in total. The molecule has 0 aliphatic carbocycles. The number of ether oxygens (including phenoxy) is 2. The highest BCUT2D eigenvalue weighted by Gasteiger charge is 2.21. The topological polar surface area (TPSA) is 143 Å². The highest BCUT2D eigenvalue weighted by molar-refractivity contribution is 7.52. The molecule has 0 fully saturated rings. The normalized spacial score (nSPS) is 11.2. The number of fused-ring (bicyclic) bond motifs is 1. The van der Waals surface area contributed by atoms with E-state index in [9.17, 15) is 13.8 Å². The maximum Gasteiger partial charge on any atom is 0.334 e. The number of amides is 1. The molecule has 0 radical (unpaired) electrons. The first-order valence-corrected chi connectivity index (χ1v) is 12.0. The van der Waals surface area contributed by atoms with Crippen molar-refractivity contribution in [2.45, 2.75) is 0 Å².